The van der Waals surface area contributed by atoms with Crippen molar-refractivity contribution in [2.75, 3.05) is 0 Å². The normalized spacial score (nSPS) is 10.4. The average molecular weight is 236 g/mol. The summed E-state index contributed by atoms with van der Waals surface area (Å²) in [6.45, 7) is 0. The van der Waals surface area contributed by atoms with Gasteiger partial charge in [0.25, 0.3) is 5.56 Å². The highest BCUT2D eigenvalue weighted by Gasteiger charge is 2.15. The number of aliphatic carboxylic acids is 1. The molecule has 0 saturated heterocycles. The van der Waals surface area contributed by atoms with E-state index in [0.29, 0.717) is 11.3 Å². The van der Waals surface area contributed by atoms with Crippen LogP contribution in [0.15, 0.2) is 29.1 Å². The number of carboxylic acids is 1. The lowest BCUT2D eigenvalue weighted by Crippen LogP contribution is -2.11. The van der Waals surface area contributed by atoms with Gasteiger partial charge in [0.2, 0.25) is 0 Å². The maximum Gasteiger partial charge on any atom is 0.308 e. The van der Waals surface area contributed by atoms with Gasteiger partial charge in [-0.1, -0.05) is 12.1 Å². The van der Waals surface area contributed by atoms with Crippen molar-refractivity contribution < 1.29 is 14.3 Å². The first-order chi connectivity index (χ1) is 8.08. The molecule has 2 aromatic rings. The third-order valence-corrected chi connectivity index (χ3v) is 2.32. The molecule has 0 atom stereocenters. The van der Waals surface area contributed by atoms with Gasteiger partial charge in [-0.25, -0.2) is 4.39 Å². The van der Waals surface area contributed by atoms with E-state index in [1.807, 2.05) is 0 Å². The fourth-order valence-corrected chi connectivity index (χ4v) is 1.59. The van der Waals surface area contributed by atoms with Crippen molar-refractivity contribution in [2.24, 2.45) is 0 Å². The minimum atomic E-state index is -1.12. The number of hydrogen-bond acceptors (Lipinski definition) is 2. The lowest BCUT2D eigenvalue weighted by Gasteiger charge is -2.00. The third-order valence-electron chi connectivity index (χ3n) is 2.32. The number of nitrogens with one attached hydrogen (secondary N) is 2. The molecule has 0 radical (unpaired) electrons. The summed E-state index contributed by atoms with van der Waals surface area (Å²) in [5.41, 5.74) is 0.311. The Hall–Kier alpha value is -2.37. The Balaban J connectivity index is 2.52. The van der Waals surface area contributed by atoms with Crippen LogP contribution in [-0.2, 0) is 11.2 Å². The number of carboxylic acid groups (broad SMARTS) is 1. The second-order valence-electron chi connectivity index (χ2n) is 3.51. The monoisotopic (exact) mass is 236 g/mol. The van der Waals surface area contributed by atoms with E-state index in [1.54, 1.807) is 6.07 Å². The molecule has 1 aromatic carbocycles. The van der Waals surface area contributed by atoms with Crippen LogP contribution in [0.5, 0.6) is 0 Å². The second-order valence-corrected chi connectivity index (χ2v) is 3.51. The topological polar surface area (TPSA) is 85.9 Å². The summed E-state index contributed by atoms with van der Waals surface area (Å²) in [7, 11) is 0. The van der Waals surface area contributed by atoms with Gasteiger partial charge in [-0.05, 0) is 12.1 Å². The first-order valence-corrected chi connectivity index (χ1v) is 4.85. The minimum absolute atomic E-state index is 0.0862. The van der Waals surface area contributed by atoms with E-state index in [4.69, 9.17) is 5.11 Å². The SMILES string of the molecule is O=C(O)Cc1c(-c2cccc(F)c2)[nH][nH]c1=O. The quantitative estimate of drug-likeness (QED) is 0.746. The molecule has 2 rings (SSSR count). The lowest BCUT2D eigenvalue weighted by atomic mass is 10.1. The van der Waals surface area contributed by atoms with Crippen LogP contribution in [0.25, 0.3) is 11.3 Å². The molecule has 0 unspecified atom stereocenters. The highest BCUT2D eigenvalue weighted by Crippen LogP contribution is 2.19. The fourth-order valence-electron chi connectivity index (χ4n) is 1.59. The molecule has 0 aliphatic rings. The van der Waals surface area contributed by atoms with Gasteiger partial charge < -0.3 is 5.11 Å². The van der Waals surface area contributed by atoms with Crippen molar-refractivity contribution in [3.63, 3.8) is 0 Å². The highest BCUT2D eigenvalue weighted by molar-refractivity contribution is 5.74. The number of aromatic amines is 2. The largest absolute Gasteiger partial charge is 0.481 e. The zero-order chi connectivity index (χ0) is 12.4. The van der Waals surface area contributed by atoms with Gasteiger partial charge in [0.15, 0.2) is 0 Å². The molecular weight excluding hydrogens is 227 g/mol. The van der Waals surface area contributed by atoms with Crippen molar-refractivity contribution >= 4 is 5.97 Å². The molecule has 0 spiro atoms. The number of aromatic nitrogens is 2. The van der Waals surface area contributed by atoms with Crippen molar-refractivity contribution in [1.29, 1.82) is 0 Å². The Labute approximate surface area is 94.9 Å². The summed E-state index contributed by atoms with van der Waals surface area (Å²) >= 11 is 0. The van der Waals surface area contributed by atoms with Gasteiger partial charge in [0.05, 0.1) is 17.7 Å². The van der Waals surface area contributed by atoms with Crippen molar-refractivity contribution in [3.8, 4) is 11.3 Å². The third kappa shape index (κ3) is 2.25. The Bertz CT molecular complexity index is 615. The first kappa shape index (κ1) is 11.1. The molecule has 0 amide bonds. The van der Waals surface area contributed by atoms with Crippen LogP contribution in [0, 0.1) is 5.82 Å². The van der Waals surface area contributed by atoms with Crippen molar-refractivity contribution in [3.05, 3.63) is 46.0 Å². The van der Waals surface area contributed by atoms with Crippen molar-refractivity contribution in [2.45, 2.75) is 6.42 Å². The summed E-state index contributed by atoms with van der Waals surface area (Å²) in [6, 6.07) is 5.57. The molecule has 0 fully saturated rings. The van der Waals surface area contributed by atoms with E-state index < -0.39 is 23.8 Å². The van der Waals surface area contributed by atoms with Gasteiger partial charge in [-0.2, -0.15) is 0 Å². The predicted molar refractivity (Wildman–Crippen MR) is 58.1 cm³/mol. The van der Waals surface area contributed by atoms with E-state index in [0.717, 1.165) is 0 Å². The molecule has 1 aromatic heterocycles. The predicted octanol–water partition coefficient (Wildman–Crippen LogP) is 1.14. The van der Waals surface area contributed by atoms with Crippen LogP contribution in [0.1, 0.15) is 5.56 Å². The summed E-state index contributed by atoms with van der Waals surface area (Å²) < 4.78 is 13.0. The number of benzene rings is 1. The summed E-state index contributed by atoms with van der Waals surface area (Å²) in [5.74, 6) is -1.57. The lowest BCUT2D eigenvalue weighted by molar-refractivity contribution is -0.136. The molecule has 3 N–H and O–H groups in total. The maximum absolute atomic E-state index is 13.0. The second kappa shape index (κ2) is 4.25. The number of hydrogen-bond donors (Lipinski definition) is 3. The van der Waals surface area contributed by atoms with Crippen LogP contribution in [-0.4, -0.2) is 21.3 Å². The summed E-state index contributed by atoms with van der Waals surface area (Å²) in [6.07, 6.45) is -0.412. The Morgan fingerprint density at radius 1 is 1.35 bits per heavy atom. The molecule has 0 aliphatic carbocycles. The number of rotatable bonds is 3. The van der Waals surface area contributed by atoms with Gasteiger partial charge in [0.1, 0.15) is 5.82 Å². The number of halogens is 1. The van der Waals surface area contributed by atoms with E-state index in [9.17, 15) is 14.0 Å². The van der Waals surface area contributed by atoms with E-state index in [-0.39, 0.29) is 5.56 Å². The first-order valence-electron chi connectivity index (χ1n) is 4.85. The molecule has 0 bridgehead atoms. The van der Waals surface area contributed by atoms with E-state index >= 15 is 0 Å². The van der Waals surface area contributed by atoms with Gasteiger partial charge in [-0.15, -0.1) is 0 Å². The Morgan fingerprint density at radius 2 is 2.12 bits per heavy atom. The zero-order valence-corrected chi connectivity index (χ0v) is 8.66. The Morgan fingerprint density at radius 3 is 2.76 bits per heavy atom. The minimum Gasteiger partial charge on any atom is -0.481 e. The van der Waals surface area contributed by atoms with Gasteiger partial charge in [-0.3, -0.25) is 19.8 Å². The van der Waals surface area contributed by atoms with E-state index in [1.165, 1.54) is 18.2 Å². The standard InChI is InChI=1S/C11H9FN2O3/c12-7-3-1-2-6(4-7)10-8(5-9(15)16)11(17)14-13-10/h1-4H,5H2,(H,15,16)(H2,13,14,17). The number of H-pyrrole nitrogens is 2. The maximum atomic E-state index is 13.0. The molecule has 17 heavy (non-hydrogen) atoms. The van der Waals surface area contributed by atoms with Crippen LogP contribution < -0.4 is 5.56 Å². The molecule has 0 aliphatic heterocycles. The highest BCUT2D eigenvalue weighted by atomic mass is 19.1. The summed E-state index contributed by atoms with van der Waals surface area (Å²) in [4.78, 5) is 22.0. The molecular formula is C11H9FN2O3. The smallest absolute Gasteiger partial charge is 0.308 e. The van der Waals surface area contributed by atoms with Gasteiger partial charge in [0, 0.05) is 5.56 Å². The van der Waals surface area contributed by atoms with Crippen LogP contribution in [0.2, 0.25) is 0 Å². The van der Waals surface area contributed by atoms with E-state index in [2.05, 4.69) is 10.2 Å². The van der Waals surface area contributed by atoms with Gasteiger partial charge >= 0.3 is 5.97 Å². The number of carbonyl (C=O) groups is 1. The van der Waals surface area contributed by atoms with Crippen LogP contribution in [0.4, 0.5) is 4.39 Å². The van der Waals surface area contributed by atoms with Crippen LogP contribution >= 0.6 is 0 Å². The average Bonchev–Trinajstić information content (AvgIpc) is 2.60. The molecule has 5 nitrogen and oxygen atoms in total. The molecule has 1 heterocycles. The zero-order valence-electron chi connectivity index (χ0n) is 8.66. The Kier molecular flexibility index (Phi) is 2.78. The summed E-state index contributed by atoms with van der Waals surface area (Å²) in [5, 5.41) is 13.5. The van der Waals surface area contributed by atoms with Crippen LogP contribution in [0.3, 0.4) is 0 Å². The van der Waals surface area contributed by atoms with Crippen molar-refractivity contribution in [1.82, 2.24) is 10.2 Å². The molecule has 88 valence electrons. The molecule has 6 heteroatoms. The fraction of sp³-hybridized carbons (Fsp3) is 0.0909. The molecule has 0 saturated carbocycles.